The number of fused-ring (bicyclic) bond motifs is 1. The number of benzene rings is 2. The molecular formula is C16H15N3O3S. The third-order valence-electron chi connectivity index (χ3n) is 3.51. The number of rotatable bonds is 5. The molecule has 0 spiro atoms. The molecule has 0 saturated heterocycles. The Balaban J connectivity index is 1.75. The van der Waals surface area contributed by atoms with Crippen molar-refractivity contribution in [2.75, 3.05) is 5.75 Å². The molecule has 118 valence electrons. The van der Waals surface area contributed by atoms with Crippen LogP contribution in [0.1, 0.15) is 6.42 Å². The van der Waals surface area contributed by atoms with E-state index in [0.29, 0.717) is 17.3 Å². The quantitative estimate of drug-likeness (QED) is 0.711. The summed E-state index contributed by atoms with van der Waals surface area (Å²) >= 11 is 0. The zero-order valence-electron chi connectivity index (χ0n) is 12.3. The van der Waals surface area contributed by atoms with Gasteiger partial charge in [0, 0.05) is 6.54 Å². The van der Waals surface area contributed by atoms with Gasteiger partial charge in [-0.3, -0.25) is 4.79 Å². The summed E-state index contributed by atoms with van der Waals surface area (Å²) in [5.41, 5.74) is 0.276. The molecule has 0 radical (unpaired) electrons. The molecule has 0 atom stereocenters. The van der Waals surface area contributed by atoms with Gasteiger partial charge < -0.3 is 0 Å². The van der Waals surface area contributed by atoms with Crippen LogP contribution >= 0.6 is 0 Å². The SMILES string of the molecule is O=c1c2ccccc2nnn1CCCS(=O)(=O)c1ccccc1. The van der Waals surface area contributed by atoms with Gasteiger partial charge in [0.25, 0.3) is 5.56 Å². The number of sulfone groups is 1. The van der Waals surface area contributed by atoms with Gasteiger partial charge in [0.1, 0.15) is 5.52 Å². The minimum absolute atomic E-state index is 0.0437. The maximum Gasteiger partial charge on any atom is 0.277 e. The number of aryl methyl sites for hydroxylation is 1. The topological polar surface area (TPSA) is 81.9 Å². The molecule has 0 N–H and O–H groups in total. The van der Waals surface area contributed by atoms with Crippen LogP contribution in [0.2, 0.25) is 0 Å². The molecule has 1 aromatic heterocycles. The summed E-state index contributed by atoms with van der Waals surface area (Å²) in [6, 6.07) is 15.2. The molecule has 0 saturated carbocycles. The predicted octanol–water partition coefficient (Wildman–Crippen LogP) is 1.66. The average molecular weight is 329 g/mol. The van der Waals surface area contributed by atoms with E-state index in [1.165, 1.54) is 4.68 Å². The zero-order valence-corrected chi connectivity index (χ0v) is 13.1. The number of hydrogen-bond donors (Lipinski definition) is 0. The lowest BCUT2D eigenvalue weighted by Gasteiger charge is -2.06. The molecule has 3 rings (SSSR count). The van der Waals surface area contributed by atoms with E-state index < -0.39 is 9.84 Å². The third kappa shape index (κ3) is 3.29. The van der Waals surface area contributed by atoms with Crippen LogP contribution in [0.15, 0.2) is 64.3 Å². The lowest BCUT2D eigenvalue weighted by Crippen LogP contribution is -2.25. The van der Waals surface area contributed by atoms with Gasteiger partial charge in [-0.1, -0.05) is 35.5 Å². The van der Waals surface area contributed by atoms with Crippen LogP contribution in [-0.4, -0.2) is 29.2 Å². The highest BCUT2D eigenvalue weighted by Crippen LogP contribution is 2.11. The van der Waals surface area contributed by atoms with Gasteiger partial charge in [0.2, 0.25) is 0 Å². The Morgan fingerprint density at radius 2 is 1.65 bits per heavy atom. The highest BCUT2D eigenvalue weighted by atomic mass is 32.2. The lowest BCUT2D eigenvalue weighted by molar-refractivity contribution is 0.534. The van der Waals surface area contributed by atoms with Crippen molar-refractivity contribution in [3.63, 3.8) is 0 Å². The maximum atomic E-state index is 12.3. The molecule has 6 nitrogen and oxygen atoms in total. The first-order valence-corrected chi connectivity index (χ1v) is 8.83. The van der Waals surface area contributed by atoms with Crippen molar-refractivity contribution in [3.8, 4) is 0 Å². The van der Waals surface area contributed by atoms with Crippen LogP contribution in [0, 0.1) is 0 Å². The largest absolute Gasteiger partial charge is 0.277 e. The molecule has 0 aliphatic heterocycles. The Morgan fingerprint density at radius 3 is 2.43 bits per heavy atom. The minimum Gasteiger partial charge on any atom is -0.267 e. The van der Waals surface area contributed by atoms with Gasteiger partial charge in [-0.25, -0.2) is 13.1 Å². The fourth-order valence-corrected chi connectivity index (χ4v) is 3.64. The Hall–Kier alpha value is -2.54. The average Bonchev–Trinajstić information content (AvgIpc) is 2.58. The van der Waals surface area contributed by atoms with Gasteiger partial charge in [-0.15, -0.1) is 5.10 Å². The number of hydrogen-bond acceptors (Lipinski definition) is 5. The molecule has 0 aliphatic carbocycles. The highest BCUT2D eigenvalue weighted by Gasteiger charge is 2.14. The summed E-state index contributed by atoms with van der Waals surface area (Å²) < 4.78 is 25.6. The van der Waals surface area contributed by atoms with E-state index in [1.54, 1.807) is 54.6 Å². The Morgan fingerprint density at radius 1 is 0.957 bits per heavy atom. The van der Waals surface area contributed by atoms with E-state index in [1.807, 2.05) is 0 Å². The van der Waals surface area contributed by atoms with Gasteiger partial charge >= 0.3 is 0 Å². The first-order chi connectivity index (χ1) is 11.1. The second-order valence-corrected chi connectivity index (χ2v) is 7.23. The van der Waals surface area contributed by atoms with Crippen molar-refractivity contribution in [3.05, 3.63) is 65.0 Å². The maximum absolute atomic E-state index is 12.3. The second kappa shape index (κ2) is 6.29. The summed E-state index contributed by atoms with van der Waals surface area (Å²) in [7, 11) is -3.35. The molecule has 0 amide bonds. The molecular weight excluding hydrogens is 314 g/mol. The van der Waals surface area contributed by atoms with Crippen LogP contribution < -0.4 is 5.56 Å². The van der Waals surface area contributed by atoms with E-state index in [-0.39, 0.29) is 22.8 Å². The van der Waals surface area contributed by atoms with E-state index in [9.17, 15) is 13.2 Å². The Kier molecular flexibility index (Phi) is 4.20. The van der Waals surface area contributed by atoms with E-state index >= 15 is 0 Å². The van der Waals surface area contributed by atoms with Crippen LogP contribution in [-0.2, 0) is 16.4 Å². The monoisotopic (exact) mass is 329 g/mol. The van der Waals surface area contributed by atoms with Crippen molar-refractivity contribution in [1.29, 1.82) is 0 Å². The fourth-order valence-electron chi connectivity index (χ4n) is 2.32. The van der Waals surface area contributed by atoms with Crippen molar-refractivity contribution < 1.29 is 8.42 Å². The Labute approximate surface area is 133 Å². The van der Waals surface area contributed by atoms with Crippen molar-refractivity contribution >= 4 is 20.7 Å². The second-order valence-electron chi connectivity index (χ2n) is 5.12. The third-order valence-corrected chi connectivity index (χ3v) is 5.33. The predicted molar refractivity (Wildman–Crippen MR) is 86.9 cm³/mol. The summed E-state index contributed by atoms with van der Waals surface area (Å²) in [5.74, 6) is -0.0437. The number of aromatic nitrogens is 3. The Bertz CT molecular complexity index is 982. The van der Waals surface area contributed by atoms with Gasteiger partial charge in [-0.05, 0) is 30.7 Å². The first-order valence-electron chi connectivity index (χ1n) is 7.18. The van der Waals surface area contributed by atoms with Crippen molar-refractivity contribution in [2.24, 2.45) is 0 Å². The zero-order chi connectivity index (χ0) is 16.3. The smallest absolute Gasteiger partial charge is 0.267 e. The van der Waals surface area contributed by atoms with Gasteiger partial charge in [0.15, 0.2) is 9.84 Å². The van der Waals surface area contributed by atoms with Crippen LogP contribution in [0.3, 0.4) is 0 Å². The van der Waals surface area contributed by atoms with Gasteiger partial charge in [-0.2, -0.15) is 0 Å². The van der Waals surface area contributed by atoms with Gasteiger partial charge in [0.05, 0.1) is 16.0 Å². The van der Waals surface area contributed by atoms with Crippen molar-refractivity contribution in [2.45, 2.75) is 17.9 Å². The van der Waals surface area contributed by atoms with Crippen LogP contribution in [0.4, 0.5) is 0 Å². The molecule has 7 heteroatoms. The van der Waals surface area contributed by atoms with E-state index in [2.05, 4.69) is 10.3 Å². The molecule has 0 unspecified atom stereocenters. The van der Waals surface area contributed by atoms with E-state index in [4.69, 9.17) is 0 Å². The molecule has 0 bridgehead atoms. The van der Waals surface area contributed by atoms with E-state index in [0.717, 1.165) is 0 Å². The lowest BCUT2D eigenvalue weighted by atomic mass is 10.2. The fraction of sp³-hybridized carbons (Fsp3) is 0.188. The minimum atomic E-state index is -3.35. The molecule has 2 aromatic carbocycles. The molecule has 0 fully saturated rings. The first kappa shape index (κ1) is 15.4. The normalized spacial score (nSPS) is 11.7. The number of nitrogens with zero attached hydrogens (tertiary/aromatic N) is 3. The molecule has 3 aromatic rings. The summed E-state index contributed by atoms with van der Waals surface area (Å²) in [4.78, 5) is 12.6. The summed E-state index contributed by atoms with van der Waals surface area (Å²) in [6.07, 6.45) is 0.296. The standard InChI is InChI=1S/C16H15N3O3S/c20-16-14-9-4-5-10-15(14)17-18-19(16)11-6-12-23(21,22)13-7-2-1-3-8-13/h1-5,7-10H,6,11-12H2. The van der Waals surface area contributed by atoms with Crippen LogP contribution in [0.5, 0.6) is 0 Å². The highest BCUT2D eigenvalue weighted by molar-refractivity contribution is 7.91. The summed E-state index contributed by atoms with van der Waals surface area (Å²) in [5, 5.41) is 8.32. The van der Waals surface area contributed by atoms with Crippen LogP contribution in [0.25, 0.3) is 10.9 Å². The molecule has 1 heterocycles. The molecule has 23 heavy (non-hydrogen) atoms. The summed E-state index contributed by atoms with van der Waals surface area (Å²) in [6.45, 7) is 0.211. The van der Waals surface area contributed by atoms with Crippen molar-refractivity contribution in [1.82, 2.24) is 15.0 Å². The molecule has 0 aliphatic rings.